The van der Waals surface area contributed by atoms with E-state index < -0.39 is 17.0 Å². The Labute approximate surface area is 208 Å². The van der Waals surface area contributed by atoms with Gasteiger partial charge in [0.2, 0.25) is 0 Å². The Bertz CT molecular complexity index is 1010. The van der Waals surface area contributed by atoms with E-state index in [0.29, 0.717) is 26.1 Å². The van der Waals surface area contributed by atoms with Crippen molar-refractivity contribution in [3.05, 3.63) is 47.6 Å². The first-order valence-corrected chi connectivity index (χ1v) is 12.7. The number of carbonyl (C=O) groups excluding carboxylic acids is 1. The molecular formula is C27H38N4O4. The van der Waals surface area contributed by atoms with Gasteiger partial charge in [-0.25, -0.2) is 0 Å². The number of methoxy groups -OCH3 is 1. The van der Waals surface area contributed by atoms with Gasteiger partial charge in [0, 0.05) is 51.3 Å². The van der Waals surface area contributed by atoms with Crippen molar-refractivity contribution in [1.29, 1.82) is 0 Å². The molecule has 1 aromatic carbocycles. The number of hydrogen-bond acceptors (Lipinski definition) is 7. The van der Waals surface area contributed by atoms with E-state index >= 15 is 0 Å². The van der Waals surface area contributed by atoms with Crippen LogP contribution in [0.2, 0.25) is 0 Å². The van der Waals surface area contributed by atoms with E-state index in [-0.39, 0.29) is 6.04 Å². The molecule has 8 heteroatoms. The highest BCUT2D eigenvalue weighted by molar-refractivity contribution is 5.84. The molecule has 35 heavy (non-hydrogen) atoms. The van der Waals surface area contributed by atoms with Crippen molar-refractivity contribution >= 4 is 5.91 Å². The van der Waals surface area contributed by atoms with Gasteiger partial charge in [-0.15, -0.1) is 0 Å². The fourth-order valence-corrected chi connectivity index (χ4v) is 5.97. The first kappa shape index (κ1) is 24.3. The number of morpholine rings is 1. The summed E-state index contributed by atoms with van der Waals surface area (Å²) in [6.07, 6.45) is 10.2. The Hall–Kier alpha value is -2.39. The maximum Gasteiger partial charge on any atom is 0.261 e. The highest BCUT2D eigenvalue weighted by atomic mass is 16.5. The fourth-order valence-electron chi connectivity index (χ4n) is 5.97. The minimum Gasteiger partial charge on any atom is -0.497 e. The van der Waals surface area contributed by atoms with Gasteiger partial charge in [0.05, 0.1) is 31.9 Å². The number of rotatable bonds is 5. The van der Waals surface area contributed by atoms with Gasteiger partial charge in [0.1, 0.15) is 11.5 Å². The van der Waals surface area contributed by atoms with Gasteiger partial charge in [0.15, 0.2) is 5.60 Å². The average molecular weight is 483 g/mol. The number of likely N-dealkylation sites (N-methyl/N-ethyl adjacent to an activating group) is 1. The first-order valence-electron chi connectivity index (χ1n) is 12.7. The van der Waals surface area contributed by atoms with Crippen molar-refractivity contribution in [2.24, 2.45) is 5.73 Å². The largest absolute Gasteiger partial charge is 0.497 e. The Morgan fingerprint density at radius 2 is 1.86 bits per heavy atom. The van der Waals surface area contributed by atoms with Crippen LogP contribution in [0, 0.1) is 0 Å². The highest BCUT2D eigenvalue weighted by Crippen LogP contribution is 2.49. The van der Waals surface area contributed by atoms with Crippen LogP contribution < -0.4 is 15.2 Å². The van der Waals surface area contributed by atoms with Gasteiger partial charge in [-0.1, -0.05) is 24.3 Å². The molecule has 5 rings (SSSR count). The molecule has 4 aliphatic rings. The standard InChI is InChI=1S/C27H38N4O4/c1-26(25(28)32)9-7-20-18-21(33-3)19-22(24(20)35-26)27(31-14-16-34-17-15-31)8-5-4-6-23(27)30-12-10-29(2)11-13-30/h4-6,8,18-19,23H,7,9-17H2,1-3H3,(H2,28,32). The molecule has 190 valence electrons. The van der Waals surface area contributed by atoms with Crippen LogP contribution in [0.25, 0.3) is 0 Å². The average Bonchev–Trinajstić information content (AvgIpc) is 2.89. The molecule has 8 nitrogen and oxygen atoms in total. The topological polar surface area (TPSA) is 80.5 Å². The molecule has 3 heterocycles. The van der Waals surface area contributed by atoms with Gasteiger partial charge in [-0.05, 0) is 38.1 Å². The zero-order chi connectivity index (χ0) is 24.6. The molecule has 2 fully saturated rings. The smallest absolute Gasteiger partial charge is 0.261 e. The Morgan fingerprint density at radius 1 is 1.11 bits per heavy atom. The number of ether oxygens (including phenoxy) is 3. The first-order chi connectivity index (χ1) is 16.9. The van der Waals surface area contributed by atoms with Crippen LogP contribution in [0.3, 0.4) is 0 Å². The van der Waals surface area contributed by atoms with Crippen molar-refractivity contribution in [3.63, 3.8) is 0 Å². The zero-order valence-corrected chi connectivity index (χ0v) is 21.2. The fraction of sp³-hybridized carbons (Fsp3) is 0.593. The molecule has 0 radical (unpaired) electrons. The van der Waals surface area contributed by atoms with Crippen LogP contribution in [-0.4, -0.2) is 98.9 Å². The van der Waals surface area contributed by atoms with E-state index in [2.05, 4.69) is 52.1 Å². The number of benzene rings is 1. The number of carbonyl (C=O) groups is 1. The second-order valence-corrected chi connectivity index (χ2v) is 10.3. The minimum absolute atomic E-state index is 0.0980. The maximum absolute atomic E-state index is 12.4. The van der Waals surface area contributed by atoms with Crippen LogP contribution >= 0.6 is 0 Å². The van der Waals surface area contributed by atoms with E-state index in [1.165, 1.54) is 0 Å². The Balaban J connectivity index is 1.70. The number of allylic oxidation sites excluding steroid dienone is 2. The molecule has 1 aliphatic carbocycles. The molecule has 3 unspecified atom stereocenters. The summed E-state index contributed by atoms with van der Waals surface area (Å²) in [6.45, 7) is 8.81. The normalized spacial score (nSPS) is 32.1. The molecule has 0 aromatic heterocycles. The summed E-state index contributed by atoms with van der Waals surface area (Å²) >= 11 is 0. The van der Waals surface area contributed by atoms with Crippen LogP contribution in [0.15, 0.2) is 36.4 Å². The third kappa shape index (κ3) is 4.27. The van der Waals surface area contributed by atoms with Crippen LogP contribution in [0.1, 0.15) is 24.5 Å². The monoisotopic (exact) mass is 482 g/mol. The molecule has 0 bridgehead atoms. The lowest BCUT2D eigenvalue weighted by molar-refractivity contribution is -0.133. The minimum atomic E-state index is -1.04. The summed E-state index contributed by atoms with van der Waals surface area (Å²) in [6, 6.07) is 4.24. The number of hydrogen-bond donors (Lipinski definition) is 1. The molecule has 2 N–H and O–H groups in total. The predicted octanol–water partition coefficient (Wildman–Crippen LogP) is 1.53. The summed E-state index contributed by atoms with van der Waals surface area (Å²) in [5.74, 6) is 1.14. The number of piperazine rings is 1. The third-order valence-electron chi connectivity index (χ3n) is 8.20. The van der Waals surface area contributed by atoms with Crippen molar-refractivity contribution < 1.29 is 19.0 Å². The third-order valence-corrected chi connectivity index (χ3v) is 8.20. The molecule has 1 aromatic rings. The molecular weight excluding hydrogens is 444 g/mol. The number of nitrogens with zero attached hydrogens (tertiary/aromatic N) is 3. The van der Waals surface area contributed by atoms with Crippen molar-refractivity contribution in [3.8, 4) is 11.5 Å². The van der Waals surface area contributed by atoms with Crippen molar-refractivity contribution in [2.45, 2.75) is 36.9 Å². The molecule has 1 amide bonds. The lowest BCUT2D eigenvalue weighted by atomic mass is 9.74. The summed E-state index contributed by atoms with van der Waals surface area (Å²) < 4.78 is 18.1. The SMILES string of the molecule is COc1cc2c(c(C3(N4CCOCC4)C=CC=CC3N3CCN(C)CC3)c1)OC(C)(C(N)=O)CC2. The summed E-state index contributed by atoms with van der Waals surface area (Å²) in [5.41, 5.74) is 6.38. The second-order valence-electron chi connectivity index (χ2n) is 10.3. The van der Waals surface area contributed by atoms with E-state index in [0.717, 1.165) is 61.9 Å². The number of amides is 1. The van der Waals surface area contributed by atoms with Gasteiger partial charge in [-0.2, -0.15) is 0 Å². The molecule has 0 saturated carbocycles. The van der Waals surface area contributed by atoms with E-state index in [4.69, 9.17) is 19.9 Å². The summed E-state index contributed by atoms with van der Waals surface area (Å²) in [4.78, 5) is 19.9. The highest BCUT2D eigenvalue weighted by Gasteiger charge is 2.50. The van der Waals surface area contributed by atoms with Gasteiger partial charge in [0.25, 0.3) is 5.91 Å². The second kappa shape index (κ2) is 9.58. The van der Waals surface area contributed by atoms with Gasteiger partial charge < -0.3 is 24.8 Å². The predicted molar refractivity (Wildman–Crippen MR) is 135 cm³/mol. The molecule has 3 atom stereocenters. The molecule has 3 aliphatic heterocycles. The van der Waals surface area contributed by atoms with E-state index in [1.807, 2.05) is 13.0 Å². The van der Waals surface area contributed by atoms with E-state index in [9.17, 15) is 4.79 Å². The lowest BCUT2D eigenvalue weighted by Crippen LogP contribution is -2.64. The number of fused-ring (bicyclic) bond motifs is 1. The van der Waals surface area contributed by atoms with Gasteiger partial charge in [-0.3, -0.25) is 14.6 Å². The number of primary amides is 1. The Kier molecular flexibility index (Phi) is 6.65. The molecule has 0 spiro atoms. The van der Waals surface area contributed by atoms with Crippen LogP contribution in [-0.2, 0) is 21.5 Å². The van der Waals surface area contributed by atoms with Gasteiger partial charge >= 0.3 is 0 Å². The quantitative estimate of drug-likeness (QED) is 0.682. The summed E-state index contributed by atoms with van der Waals surface area (Å²) in [5, 5.41) is 0. The Morgan fingerprint density at radius 3 is 2.54 bits per heavy atom. The van der Waals surface area contributed by atoms with Crippen molar-refractivity contribution in [1.82, 2.24) is 14.7 Å². The van der Waals surface area contributed by atoms with Crippen LogP contribution in [0.5, 0.6) is 11.5 Å². The maximum atomic E-state index is 12.4. The van der Waals surface area contributed by atoms with Crippen molar-refractivity contribution in [2.75, 3.05) is 66.6 Å². The molecule has 2 saturated heterocycles. The zero-order valence-electron chi connectivity index (χ0n) is 21.2. The lowest BCUT2D eigenvalue weighted by Gasteiger charge is -2.54. The number of nitrogens with two attached hydrogens (primary N) is 1. The van der Waals surface area contributed by atoms with Crippen LogP contribution in [0.4, 0.5) is 0 Å². The summed E-state index contributed by atoms with van der Waals surface area (Å²) in [7, 11) is 3.89. The van der Waals surface area contributed by atoms with E-state index in [1.54, 1.807) is 7.11 Å². The number of aryl methyl sites for hydroxylation is 1.